The number of hydrogen-bond acceptors (Lipinski definition) is 5. The topological polar surface area (TPSA) is 109 Å². The summed E-state index contributed by atoms with van der Waals surface area (Å²) >= 11 is 1.36. The van der Waals surface area contributed by atoms with Gasteiger partial charge in [0.1, 0.15) is 5.82 Å². The summed E-state index contributed by atoms with van der Waals surface area (Å²) in [5, 5.41) is 7.48. The Morgan fingerprint density at radius 3 is 2.79 bits per heavy atom. The number of nitrogens with two attached hydrogens (primary N) is 1. The van der Waals surface area contributed by atoms with E-state index in [0.717, 1.165) is 11.3 Å². The van der Waals surface area contributed by atoms with Crippen molar-refractivity contribution in [2.45, 2.75) is 26.3 Å². The molecule has 1 heterocycles. The molecule has 3 amide bonds. The summed E-state index contributed by atoms with van der Waals surface area (Å²) in [5.74, 6) is 4.39. The van der Waals surface area contributed by atoms with Crippen LogP contribution in [0.2, 0.25) is 0 Å². The second-order valence-electron chi connectivity index (χ2n) is 5.08. The average Bonchev–Trinajstić information content (AvgIpc) is 2.98. The Morgan fingerprint density at radius 1 is 1.33 bits per heavy atom. The first-order valence-corrected chi connectivity index (χ1v) is 8.09. The van der Waals surface area contributed by atoms with Gasteiger partial charge in [-0.15, -0.1) is 11.3 Å². The van der Waals surface area contributed by atoms with Crippen LogP contribution < -0.4 is 21.9 Å². The van der Waals surface area contributed by atoms with Crippen LogP contribution in [0.5, 0.6) is 0 Å². The fraction of sp³-hybridized carbons (Fsp3) is 0.267. The number of nitrogens with zero attached hydrogens (tertiary/aromatic N) is 1. The number of anilines is 1. The maximum Gasteiger partial charge on any atom is 0.329 e. The highest BCUT2D eigenvalue weighted by molar-refractivity contribution is 7.13. The summed E-state index contributed by atoms with van der Waals surface area (Å²) in [6.07, 6.45) is 1.26. The lowest BCUT2D eigenvalue weighted by Gasteiger charge is -2.07. The molecule has 0 bridgehead atoms. The molecule has 0 unspecified atom stereocenters. The number of hydrazine groups is 1. The van der Waals surface area contributed by atoms with Crippen LogP contribution in [0.1, 0.15) is 23.7 Å². The Hall–Kier alpha value is -2.52. The average molecular weight is 351 g/mol. The van der Waals surface area contributed by atoms with Crippen molar-refractivity contribution in [1.29, 1.82) is 0 Å². The predicted octanol–water partition coefficient (Wildman–Crippen LogP) is 1.70. The highest BCUT2D eigenvalue weighted by Gasteiger charge is 2.07. The molecular formula is C15H18FN5O2S. The van der Waals surface area contributed by atoms with Gasteiger partial charge >= 0.3 is 6.03 Å². The highest BCUT2D eigenvalue weighted by Crippen LogP contribution is 2.18. The maximum absolute atomic E-state index is 14.0. The van der Waals surface area contributed by atoms with Crippen LogP contribution in [0.3, 0.4) is 0 Å². The van der Waals surface area contributed by atoms with Gasteiger partial charge in [-0.25, -0.2) is 20.0 Å². The van der Waals surface area contributed by atoms with Crippen molar-refractivity contribution in [2.24, 2.45) is 5.84 Å². The van der Waals surface area contributed by atoms with Gasteiger partial charge in [-0.2, -0.15) is 0 Å². The first kappa shape index (κ1) is 17.8. The third-order valence-corrected chi connectivity index (χ3v) is 4.00. The molecule has 0 radical (unpaired) electrons. The van der Waals surface area contributed by atoms with Gasteiger partial charge in [0.15, 0.2) is 5.13 Å². The van der Waals surface area contributed by atoms with Crippen LogP contribution in [-0.4, -0.2) is 16.9 Å². The number of thiazole rings is 1. The van der Waals surface area contributed by atoms with E-state index in [1.807, 2.05) is 16.9 Å². The Labute approximate surface area is 142 Å². The molecule has 0 aliphatic rings. The van der Waals surface area contributed by atoms with Crippen molar-refractivity contribution in [1.82, 2.24) is 15.7 Å². The van der Waals surface area contributed by atoms with Crippen LogP contribution in [0.15, 0.2) is 23.6 Å². The highest BCUT2D eigenvalue weighted by atomic mass is 32.1. The SMILES string of the molecule is CC(=O)Nc1nc(CCc2ccc(CNC(=O)NN)c(F)c2)cs1. The van der Waals surface area contributed by atoms with Crippen LogP contribution >= 0.6 is 11.3 Å². The summed E-state index contributed by atoms with van der Waals surface area (Å²) < 4.78 is 14.0. The predicted molar refractivity (Wildman–Crippen MR) is 89.8 cm³/mol. The molecule has 0 fully saturated rings. The van der Waals surface area contributed by atoms with E-state index in [9.17, 15) is 14.0 Å². The van der Waals surface area contributed by atoms with Crippen molar-refractivity contribution in [3.63, 3.8) is 0 Å². The second kappa shape index (κ2) is 8.37. The maximum atomic E-state index is 14.0. The monoisotopic (exact) mass is 351 g/mol. The number of nitrogens with one attached hydrogen (secondary N) is 3. The van der Waals surface area contributed by atoms with Gasteiger partial charge in [0.05, 0.1) is 5.69 Å². The third-order valence-electron chi connectivity index (χ3n) is 3.19. The molecule has 24 heavy (non-hydrogen) atoms. The van der Waals surface area contributed by atoms with Crippen molar-refractivity contribution in [2.75, 3.05) is 5.32 Å². The summed E-state index contributed by atoms with van der Waals surface area (Å²) in [4.78, 5) is 26.2. The van der Waals surface area contributed by atoms with Crippen molar-refractivity contribution in [3.05, 3.63) is 46.2 Å². The molecule has 0 spiro atoms. The van der Waals surface area contributed by atoms with Crippen molar-refractivity contribution in [3.8, 4) is 0 Å². The molecule has 7 nitrogen and oxygen atoms in total. The molecule has 0 aliphatic carbocycles. The zero-order valence-corrected chi connectivity index (χ0v) is 13.9. The minimum Gasteiger partial charge on any atom is -0.333 e. The van der Waals surface area contributed by atoms with Gasteiger partial charge in [0.2, 0.25) is 5.91 Å². The van der Waals surface area contributed by atoms with Crippen LogP contribution in [0.4, 0.5) is 14.3 Å². The Balaban J connectivity index is 1.91. The third kappa shape index (κ3) is 5.28. The Kier molecular flexibility index (Phi) is 6.21. The zero-order valence-electron chi connectivity index (χ0n) is 13.1. The quantitative estimate of drug-likeness (QED) is 0.361. The zero-order chi connectivity index (χ0) is 17.5. The summed E-state index contributed by atoms with van der Waals surface area (Å²) in [6.45, 7) is 1.48. The lowest BCUT2D eigenvalue weighted by Crippen LogP contribution is -2.39. The van der Waals surface area contributed by atoms with Crippen molar-refractivity contribution >= 4 is 28.4 Å². The van der Waals surface area contributed by atoms with Gasteiger partial charge in [-0.3, -0.25) is 10.2 Å². The lowest BCUT2D eigenvalue weighted by molar-refractivity contribution is -0.114. The number of aromatic nitrogens is 1. The van der Waals surface area contributed by atoms with E-state index in [0.29, 0.717) is 23.5 Å². The minimum absolute atomic E-state index is 0.0569. The molecule has 1 aromatic carbocycles. The summed E-state index contributed by atoms with van der Waals surface area (Å²) in [6, 6.07) is 4.31. The van der Waals surface area contributed by atoms with E-state index < -0.39 is 6.03 Å². The Bertz CT molecular complexity index is 734. The first-order chi connectivity index (χ1) is 11.5. The molecule has 0 atom stereocenters. The number of aryl methyl sites for hydroxylation is 2. The van der Waals surface area contributed by atoms with Gasteiger partial charge in [-0.1, -0.05) is 12.1 Å². The van der Waals surface area contributed by atoms with Gasteiger partial charge in [0, 0.05) is 24.4 Å². The molecule has 0 saturated carbocycles. The molecule has 0 aliphatic heterocycles. The van der Waals surface area contributed by atoms with Gasteiger partial charge < -0.3 is 10.6 Å². The second-order valence-corrected chi connectivity index (χ2v) is 5.94. The molecular weight excluding hydrogens is 333 g/mol. The normalized spacial score (nSPS) is 10.3. The number of amides is 3. The largest absolute Gasteiger partial charge is 0.333 e. The number of urea groups is 1. The fourth-order valence-corrected chi connectivity index (χ4v) is 2.81. The molecule has 0 saturated heterocycles. The van der Waals surface area contributed by atoms with E-state index in [1.165, 1.54) is 24.3 Å². The van der Waals surface area contributed by atoms with Gasteiger partial charge in [0.25, 0.3) is 0 Å². The van der Waals surface area contributed by atoms with E-state index in [1.54, 1.807) is 6.07 Å². The lowest BCUT2D eigenvalue weighted by atomic mass is 10.1. The van der Waals surface area contributed by atoms with Crippen LogP contribution in [0, 0.1) is 5.82 Å². The minimum atomic E-state index is -0.572. The fourth-order valence-electron chi connectivity index (χ4n) is 2.02. The number of carbonyl (C=O) groups excluding carboxylic acids is 2. The standard InChI is InChI=1S/C15H18FN5O2S/c1-9(22)19-15-20-12(8-24-15)5-3-10-2-4-11(13(16)6-10)7-18-14(23)21-17/h2,4,6,8H,3,5,7,17H2,1H3,(H2,18,21,23)(H,19,20,22). The van der Waals surface area contributed by atoms with Crippen LogP contribution in [0.25, 0.3) is 0 Å². The molecule has 9 heteroatoms. The van der Waals surface area contributed by atoms with E-state index >= 15 is 0 Å². The van der Waals surface area contributed by atoms with E-state index in [-0.39, 0.29) is 18.3 Å². The van der Waals surface area contributed by atoms with Crippen molar-refractivity contribution < 1.29 is 14.0 Å². The number of hydrogen-bond donors (Lipinski definition) is 4. The summed E-state index contributed by atoms with van der Waals surface area (Å²) in [7, 11) is 0. The number of halogens is 1. The Morgan fingerprint density at radius 2 is 2.12 bits per heavy atom. The summed E-state index contributed by atoms with van der Waals surface area (Å²) in [5.41, 5.74) is 3.96. The number of rotatable bonds is 6. The molecule has 1 aromatic heterocycles. The van der Waals surface area contributed by atoms with E-state index in [2.05, 4.69) is 15.6 Å². The molecule has 5 N–H and O–H groups in total. The molecule has 128 valence electrons. The molecule has 2 aromatic rings. The first-order valence-electron chi connectivity index (χ1n) is 7.21. The van der Waals surface area contributed by atoms with Crippen LogP contribution in [-0.2, 0) is 24.2 Å². The number of benzene rings is 1. The number of carbonyl (C=O) groups is 2. The molecule has 2 rings (SSSR count). The van der Waals surface area contributed by atoms with E-state index in [4.69, 9.17) is 5.84 Å². The van der Waals surface area contributed by atoms with Gasteiger partial charge in [-0.05, 0) is 24.5 Å². The smallest absolute Gasteiger partial charge is 0.329 e.